The number of hydrogen-bond acceptors (Lipinski definition) is 6. The first-order valence-electron chi connectivity index (χ1n) is 9.80. The van der Waals surface area contributed by atoms with Crippen LogP contribution in [-0.4, -0.2) is 43.8 Å². The molecule has 4 rings (SSSR count). The smallest absolute Gasteiger partial charge is 0.340 e. The molecule has 4 heterocycles. The number of alkyl halides is 3. The van der Waals surface area contributed by atoms with Crippen molar-refractivity contribution in [2.24, 2.45) is 0 Å². The van der Waals surface area contributed by atoms with Gasteiger partial charge in [0.1, 0.15) is 6.54 Å². The monoisotopic (exact) mass is 435 g/mol. The quantitative estimate of drug-likeness (QED) is 0.628. The minimum atomic E-state index is -4.59. The molecular formula is C20H20F3N5O3. The van der Waals surface area contributed by atoms with Crippen LogP contribution in [-0.2, 0) is 17.5 Å². The van der Waals surface area contributed by atoms with Gasteiger partial charge in [-0.05, 0) is 38.8 Å². The Morgan fingerprint density at radius 2 is 2.06 bits per heavy atom. The highest BCUT2D eigenvalue weighted by Gasteiger charge is 2.37. The molecule has 1 fully saturated rings. The van der Waals surface area contributed by atoms with Crippen molar-refractivity contribution < 1.29 is 22.5 Å². The Balaban J connectivity index is 1.60. The Labute approximate surface area is 174 Å². The van der Waals surface area contributed by atoms with E-state index in [0.29, 0.717) is 25.1 Å². The number of hydrogen-bond donors (Lipinski definition) is 0. The van der Waals surface area contributed by atoms with E-state index in [0.717, 1.165) is 10.7 Å². The molecule has 164 valence electrons. The summed E-state index contributed by atoms with van der Waals surface area (Å²) < 4.78 is 47.0. The summed E-state index contributed by atoms with van der Waals surface area (Å²) in [5, 5.41) is 7.53. The van der Waals surface area contributed by atoms with Gasteiger partial charge < -0.3 is 9.42 Å². The molecule has 1 aliphatic heterocycles. The molecule has 0 aromatic carbocycles. The lowest BCUT2D eigenvalue weighted by Crippen LogP contribution is -2.42. The molecule has 0 spiro atoms. The maximum Gasteiger partial charge on any atom is 0.417 e. The molecule has 0 radical (unpaired) electrons. The van der Waals surface area contributed by atoms with Gasteiger partial charge in [0.25, 0.3) is 11.3 Å². The van der Waals surface area contributed by atoms with E-state index in [1.807, 2.05) is 0 Å². The van der Waals surface area contributed by atoms with Crippen LogP contribution in [0.15, 0.2) is 27.5 Å². The zero-order chi connectivity index (χ0) is 22.3. The van der Waals surface area contributed by atoms with Gasteiger partial charge in [-0.1, -0.05) is 5.16 Å². The maximum absolute atomic E-state index is 13.6. The van der Waals surface area contributed by atoms with E-state index >= 15 is 0 Å². The van der Waals surface area contributed by atoms with Crippen molar-refractivity contribution in [3.63, 3.8) is 0 Å². The molecule has 1 saturated heterocycles. The molecule has 0 saturated carbocycles. The SMILES string of the molecule is Cc1ccc(=O)n(CC(=O)N2CCCC(c3cc(C(F)(F)F)c4c(C)noc4n3)C2)n1. The molecule has 31 heavy (non-hydrogen) atoms. The summed E-state index contributed by atoms with van der Waals surface area (Å²) >= 11 is 0. The van der Waals surface area contributed by atoms with Crippen LogP contribution in [0.5, 0.6) is 0 Å². The van der Waals surface area contributed by atoms with Crippen LogP contribution in [0.1, 0.15) is 41.4 Å². The second-order valence-electron chi connectivity index (χ2n) is 7.69. The molecule has 3 aromatic heterocycles. The number of amides is 1. The van der Waals surface area contributed by atoms with E-state index < -0.39 is 23.2 Å². The number of pyridine rings is 1. The number of aromatic nitrogens is 4. The number of nitrogens with zero attached hydrogens (tertiary/aromatic N) is 5. The van der Waals surface area contributed by atoms with Gasteiger partial charge in [0.2, 0.25) is 5.91 Å². The lowest BCUT2D eigenvalue weighted by Gasteiger charge is -2.32. The second kappa shape index (κ2) is 7.78. The predicted octanol–water partition coefficient (Wildman–Crippen LogP) is 2.82. The second-order valence-corrected chi connectivity index (χ2v) is 7.69. The number of carbonyl (C=O) groups is 1. The first-order valence-corrected chi connectivity index (χ1v) is 9.80. The molecule has 1 atom stereocenters. The Bertz CT molecular complexity index is 1200. The van der Waals surface area contributed by atoms with Crippen molar-refractivity contribution in [3.05, 3.63) is 51.2 Å². The van der Waals surface area contributed by atoms with Crippen LogP contribution in [0.3, 0.4) is 0 Å². The zero-order valence-electron chi connectivity index (χ0n) is 16.9. The van der Waals surface area contributed by atoms with Gasteiger partial charge in [-0.2, -0.15) is 18.3 Å². The maximum atomic E-state index is 13.6. The number of rotatable bonds is 3. The molecule has 1 unspecified atom stereocenters. The molecular weight excluding hydrogens is 415 g/mol. The number of carbonyl (C=O) groups excluding carboxylic acids is 1. The first-order chi connectivity index (χ1) is 14.6. The first kappa shape index (κ1) is 21.0. The van der Waals surface area contributed by atoms with Crippen molar-refractivity contribution in [3.8, 4) is 0 Å². The van der Waals surface area contributed by atoms with Crippen LogP contribution in [0.25, 0.3) is 11.1 Å². The largest absolute Gasteiger partial charge is 0.417 e. The normalized spacial score (nSPS) is 17.3. The van der Waals surface area contributed by atoms with Crippen LogP contribution in [0.4, 0.5) is 13.2 Å². The Morgan fingerprint density at radius 3 is 2.81 bits per heavy atom. The third kappa shape index (κ3) is 4.17. The average Bonchev–Trinajstić information content (AvgIpc) is 3.10. The summed E-state index contributed by atoms with van der Waals surface area (Å²) in [6, 6.07) is 3.93. The van der Waals surface area contributed by atoms with E-state index in [1.165, 1.54) is 17.9 Å². The summed E-state index contributed by atoms with van der Waals surface area (Å²) in [6.07, 6.45) is -3.41. The fourth-order valence-electron chi connectivity index (χ4n) is 3.88. The highest BCUT2D eigenvalue weighted by molar-refractivity contribution is 5.81. The van der Waals surface area contributed by atoms with Gasteiger partial charge in [0, 0.05) is 25.1 Å². The van der Waals surface area contributed by atoms with Crippen molar-refractivity contribution in [2.75, 3.05) is 13.1 Å². The zero-order valence-corrected chi connectivity index (χ0v) is 16.9. The van der Waals surface area contributed by atoms with Crippen molar-refractivity contribution in [1.82, 2.24) is 24.8 Å². The summed E-state index contributed by atoms with van der Waals surface area (Å²) in [5.74, 6) is -0.715. The predicted molar refractivity (Wildman–Crippen MR) is 103 cm³/mol. The highest BCUT2D eigenvalue weighted by Crippen LogP contribution is 2.38. The summed E-state index contributed by atoms with van der Waals surface area (Å²) in [6.45, 7) is 3.57. The minimum absolute atomic E-state index is 0.123. The Kier molecular flexibility index (Phi) is 5.28. The molecule has 0 bridgehead atoms. The molecule has 0 aliphatic carbocycles. The topological polar surface area (TPSA) is 94.1 Å². The number of fused-ring (bicyclic) bond motifs is 1. The highest BCUT2D eigenvalue weighted by atomic mass is 19.4. The van der Waals surface area contributed by atoms with Gasteiger partial charge in [0.05, 0.1) is 28.0 Å². The number of likely N-dealkylation sites (tertiary alicyclic amines) is 1. The van der Waals surface area contributed by atoms with Gasteiger partial charge in [-0.15, -0.1) is 0 Å². The Morgan fingerprint density at radius 1 is 1.29 bits per heavy atom. The van der Waals surface area contributed by atoms with Crippen molar-refractivity contribution in [2.45, 2.75) is 45.3 Å². The van der Waals surface area contributed by atoms with Crippen molar-refractivity contribution in [1.29, 1.82) is 0 Å². The lowest BCUT2D eigenvalue weighted by molar-refractivity contribution is -0.136. The molecule has 0 N–H and O–H groups in total. The third-order valence-corrected chi connectivity index (χ3v) is 5.42. The van der Waals surface area contributed by atoms with Gasteiger partial charge in [0.15, 0.2) is 0 Å². The van der Waals surface area contributed by atoms with E-state index in [1.54, 1.807) is 13.0 Å². The van der Waals surface area contributed by atoms with E-state index in [-0.39, 0.29) is 41.5 Å². The van der Waals surface area contributed by atoms with Crippen LogP contribution in [0.2, 0.25) is 0 Å². The molecule has 1 aliphatic rings. The summed E-state index contributed by atoms with van der Waals surface area (Å²) in [4.78, 5) is 30.5. The third-order valence-electron chi connectivity index (χ3n) is 5.42. The average molecular weight is 435 g/mol. The van der Waals surface area contributed by atoms with Crippen molar-refractivity contribution >= 4 is 17.0 Å². The van der Waals surface area contributed by atoms with E-state index in [4.69, 9.17) is 4.52 Å². The summed E-state index contributed by atoms with van der Waals surface area (Å²) in [7, 11) is 0. The molecule has 8 nitrogen and oxygen atoms in total. The standard InChI is InChI=1S/C20H20F3N5O3/c1-11-5-6-16(29)28(25-11)10-17(30)27-7-3-4-13(9-27)15-8-14(20(21,22)23)18-12(2)26-31-19(18)24-15/h5-6,8,13H,3-4,7,9-10H2,1-2H3. The fraction of sp³-hybridized carbons (Fsp3) is 0.450. The Hall–Kier alpha value is -3.24. The molecule has 3 aromatic rings. The number of halogens is 3. The van der Waals surface area contributed by atoms with Crippen LogP contribution in [0, 0.1) is 13.8 Å². The van der Waals surface area contributed by atoms with E-state index in [9.17, 15) is 22.8 Å². The minimum Gasteiger partial charge on any atom is -0.340 e. The van der Waals surface area contributed by atoms with Crippen LogP contribution >= 0.6 is 0 Å². The summed E-state index contributed by atoms with van der Waals surface area (Å²) in [5.41, 5.74) is -0.470. The fourth-order valence-corrected chi connectivity index (χ4v) is 3.88. The number of piperidine rings is 1. The van der Waals surface area contributed by atoms with E-state index in [2.05, 4.69) is 15.2 Å². The lowest BCUT2D eigenvalue weighted by atomic mass is 9.92. The van der Waals surface area contributed by atoms with Gasteiger partial charge >= 0.3 is 6.18 Å². The molecule has 11 heteroatoms. The van der Waals surface area contributed by atoms with Gasteiger partial charge in [-0.3, -0.25) is 9.59 Å². The molecule has 1 amide bonds. The van der Waals surface area contributed by atoms with Gasteiger partial charge in [-0.25, -0.2) is 9.67 Å². The van der Waals surface area contributed by atoms with Crippen LogP contribution < -0.4 is 5.56 Å². The number of aryl methyl sites for hydroxylation is 2.